The first kappa shape index (κ1) is 9.13. The molecule has 0 unspecified atom stereocenters. The molecule has 1 fully saturated rings. The van der Waals surface area contributed by atoms with Crippen LogP contribution < -0.4 is 0 Å². The number of carbonyl (C=O) groups excluding carboxylic acids is 1. The number of hydrogen-bond donors (Lipinski definition) is 2. The maximum atomic E-state index is 10.9. The van der Waals surface area contributed by atoms with Crippen molar-refractivity contribution >= 4 is 5.78 Å². The summed E-state index contributed by atoms with van der Waals surface area (Å²) in [6.45, 7) is -0.453. The average Bonchev–Trinajstić information content (AvgIpc) is 2.09. The largest absolute Gasteiger partial charge is 0.394 e. The first-order valence-electron chi connectivity index (χ1n) is 3.55. The number of aliphatic hydroxyl groups is 2. The Morgan fingerprint density at radius 1 is 1.75 bits per heavy atom. The Morgan fingerprint density at radius 2 is 2.42 bits per heavy atom. The van der Waals surface area contributed by atoms with Crippen molar-refractivity contribution in [3.05, 3.63) is 0 Å². The number of nitriles is 1. The molecule has 0 saturated carbocycles. The maximum Gasteiger partial charge on any atom is 0.167 e. The number of Topliss-reactive ketones (excluding diaryl/α,β-unsaturated/α-hetero) is 1. The SMILES string of the molecule is N#C[C@H]1CC(=O)[C@H](O)[C@@H](CO)O1. The van der Waals surface area contributed by atoms with Crippen molar-refractivity contribution in [1.82, 2.24) is 0 Å². The highest BCUT2D eigenvalue weighted by Gasteiger charge is 2.35. The van der Waals surface area contributed by atoms with E-state index < -0.39 is 30.7 Å². The zero-order valence-corrected chi connectivity index (χ0v) is 6.30. The quantitative estimate of drug-likeness (QED) is 0.505. The van der Waals surface area contributed by atoms with E-state index >= 15 is 0 Å². The number of carbonyl (C=O) groups is 1. The lowest BCUT2D eigenvalue weighted by molar-refractivity contribution is -0.156. The predicted octanol–water partition coefficient (Wildman–Crippen LogP) is -1.41. The van der Waals surface area contributed by atoms with Crippen LogP contribution in [0.4, 0.5) is 0 Å². The molecule has 0 aromatic carbocycles. The summed E-state index contributed by atoms with van der Waals surface area (Å²) < 4.78 is 4.89. The second-order valence-electron chi connectivity index (χ2n) is 2.59. The minimum absolute atomic E-state index is 0.103. The van der Waals surface area contributed by atoms with Crippen molar-refractivity contribution in [2.75, 3.05) is 6.61 Å². The van der Waals surface area contributed by atoms with E-state index in [0.717, 1.165) is 0 Å². The second kappa shape index (κ2) is 3.63. The van der Waals surface area contributed by atoms with Crippen LogP contribution in [0.5, 0.6) is 0 Å². The van der Waals surface area contributed by atoms with Gasteiger partial charge in [0, 0.05) is 6.42 Å². The Morgan fingerprint density at radius 3 is 2.92 bits per heavy atom. The van der Waals surface area contributed by atoms with Crippen molar-refractivity contribution in [2.24, 2.45) is 0 Å². The molecule has 3 atom stereocenters. The maximum absolute atomic E-state index is 10.9. The summed E-state index contributed by atoms with van der Waals surface area (Å²) in [5.74, 6) is -0.452. The van der Waals surface area contributed by atoms with E-state index in [2.05, 4.69) is 0 Å². The molecule has 0 aromatic heterocycles. The number of hydrogen-bond acceptors (Lipinski definition) is 5. The van der Waals surface area contributed by atoms with Gasteiger partial charge < -0.3 is 14.9 Å². The summed E-state index contributed by atoms with van der Waals surface area (Å²) in [7, 11) is 0. The van der Waals surface area contributed by atoms with Crippen LogP contribution >= 0.6 is 0 Å². The minimum Gasteiger partial charge on any atom is -0.394 e. The van der Waals surface area contributed by atoms with Gasteiger partial charge in [0.1, 0.15) is 12.2 Å². The van der Waals surface area contributed by atoms with E-state index in [9.17, 15) is 4.79 Å². The predicted molar refractivity (Wildman–Crippen MR) is 37.0 cm³/mol. The molecular weight excluding hydrogens is 162 g/mol. The fourth-order valence-corrected chi connectivity index (χ4v) is 1.06. The standard InChI is InChI=1S/C7H9NO4/c8-2-4-1-5(10)7(11)6(3-9)12-4/h4,6-7,9,11H,1,3H2/t4-,6-,7+/m1/s1. The minimum atomic E-state index is -1.29. The third kappa shape index (κ3) is 1.61. The van der Waals surface area contributed by atoms with E-state index in [1.807, 2.05) is 0 Å². The van der Waals surface area contributed by atoms with Gasteiger partial charge in [-0.3, -0.25) is 4.79 Å². The molecule has 12 heavy (non-hydrogen) atoms. The van der Waals surface area contributed by atoms with Gasteiger partial charge in [0.2, 0.25) is 0 Å². The van der Waals surface area contributed by atoms with Crippen molar-refractivity contribution < 1.29 is 19.7 Å². The molecule has 0 spiro atoms. The Kier molecular flexibility index (Phi) is 2.76. The number of nitrogens with zero attached hydrogens (tertiary/aromatic N) is 1. The molecule has 1 rings (SSSR count). The van der Waals surface area contributed by atoms with Gasteiger partial charge in [0.15, 0.2) is 11.9 Å². The molecule has 0 radical (unpaired) electrons. The third-order valence-corrected chi connectivity index (χ3v) is 1.73. The fraction of sp³-hybridized carbons (Fsp3) is 0.714. The summed E-state index contributed by atoms with van der Waals surface area (Å²) in [6.07, 6.45) is -3.18. The van der Waals surface area contributed by atoms with E-state index in [4.69, 9.17) is 20.2 Å². The molecule has 0 amide bonds. The molecule has 1 heterocycles. The zero-order chi connectivity index (χ0) is 9.14. The van der Waals surface area contributed by atoms with Crippen molar-refractivity contribution in [3.8, 4) is 6.07 Å². The number of rotatable bonds is 1. The molecule has 0 aliphatic carbocycles. The normalized spacial score (nSPS) is 36.1. The average molecular weight is 171 g/mol. The Hall–Kier alpha value is -0.960. The van der Waals surface area contributed by atoms with Crippen LogP contribution in [0.1, 0.15) is 6.42 Å². The van der Waals surface area contributed by atoms with E-state index in [-0.39, 0.29) is 6.42 Å². The van der Waals surface area contributed by atoms with Crippen LogP contribution in [-0.4, -0.2) is 40.9 Å². The van der Waals surface area contributed by atoms with Gasteiger partial charge in [0.25, 0.3) is 0 Å². The molecule has 1 aliphatic rings. The van der Waals surface area contributed by atoms with E-state index in [0.29, 0.717) is 0 Å². The smallest absolute Gasteiger partial charge is 0.167 e. The van der Waals surface area contributed by atoms with Gasteiger partial charge in [-0.15, -0.1) is 0 Å². The number of ketones is 1. The molecule has 0 aromatic rings. The van der Waals surface area contributed by atoms with Crippen LogP contribution in [-0.2, 0) is 9.53 Å². The molecule has 66 valence electrons. The fourth-order valence-electron chi connectivity index (χ4n) is 1.06. The number of ether oxygens (including phenoxy) is 1. The Labute approximate surface area is 69.2 Å². The molecule has 1 saturated heterocycles. The summed E-state index contributed by atoms with van der Waals surface area (Å²) >= 11 is 0. The molecule has 1 aliphatic heterocycles. The van der Waals surface area contributed by atoms with Crippen LogP contribution in [0.2, 0.25) is 0 Å². The summed E-state index contributed by atoms with van der Waals surface area (Å²) in [5, 5.41) is 26.2. The summed E-state index contributed by atoms with van der Waals surface area (Å²) in [4.78, 5) is 10.9. The van der Waals surface area contributed by atoms with Crippen LogP contribution in [0, 0.1) is 11.3 Å². The van der Waals surface area contributed by atoms with Gasteiger partial charge in [-0.25, -0.2) is 0 Å². The first-order valence-corrected chi connectivity index (χ1v) is 3.55. The Bertz CT molecular complexity index is 222. The first-order chi connectivity index (χ1) is 5.69. The third-order valence-electron chi connectivity index (χ3n) is 1.73. The van der Waals surface area contributed by atoms with Crippen molar-refractivity contribution in [3.63, 3.8) is 0 Å². The Balaban J connectivity index is 2.66. The summed E-state index contributed by atoms with van der Waals surface area (Å²) in [6, 6.07) is 1.75. The van der Waals surface area contributed by atoms with Gasteiger partial charge >= 0.3 is 0 Å². The van der Waals surface area contributed by atoms with Crippen molar-refractivity contribution in [2.45, 2.75) is 24.7 Å². The summed E-state index contributed by atoms with van der Waals surface area (Å²) in [5.41, 5.74) is 0. The van der Waals surface area contributed by atoms with Gasteiger partial charge in [0.05, 0.1) is 12.7 Å². The topological polar surface area (TPSA) is 90.6 Å². The van der Waals surface area contributed by atoms with Crippen LogP contribution in [0.15, 0.2) is 0 Å². The second-order valence-corrected chi connectivity index (χ2v) is 2.59. The molecule has 0 bridgehead atoms. The molecule has 5 nitrogen and oxygen atoms in total. The zero-order valence-electron chi connectivity index (χ0n) is 6.30. The van der Waals surface area contributed by atoms with E-state index in [1.54, 1.807) is 6.07 Å². The van der Waals surface area contributed by atoms with E-state index in [1.165, 1.54) is 0 Å². The molecule has 5 heteroatoms. The van der Waals surface area contributed by atoms with Gasteiger partial charge in [-0.1, -0.05) is 0 Å². The van der Waals surface area contributed by atoms with Gasteiger partial charge in [-0.2, -0.15) is 5.26 Å². The monoisotopic (exact) mass is 171 g/mol. The highest BCUT2D eigenvalue weighted by molar-refractivity contribution is 5.84. The molecule has 2 N–H and O–H groups in total. The van der Waals surface area contributed by atoms with Crippen LogP contribution in [0.3, 0.4) is 0 Å². The lowest BCUT2D eigenvalue weighted by atomic mass is 10.0. The van der Waals surface area contributed by atoms with Gasteiger partial charge in [-0.05, 0) is 0 Å². The number of aliphatic hydroxyl groups excluding tert-OH is 2. The van der Waals surface area contributed by atoms with Crippen molar-refractivity contribution in [1.29, 1.82) is 5.26 Å². The highest BCUT2D eigenvalue weighted by atomic mass is 16.5. The highest BCUT2D eigenvalue weighted by Crippen LogP contribution is 2.15. The van der Waals surface area contributed by atoms with Crippen LogP contribution in [0.25, 0.3) is 0 Å². The molecular formula is C7H9NO4. The lowest BCUT2D eigenvalue weighted by Crippen LogP contribution is -2.46. The lowest BCUT2D eigenvalue weighted by Gasteiger charge is -2.28.